The van der Waals surface area contributed by atoms with Gasteiger partial charge in [0.25, 0.3) is 0 Å². The topological polar surface area (TPSA) is 20.2 Å². The quantitative estimate of drug-likeness (QED) is 0.849. The van der Waals surface area contributed by atoms with Crippen molar-refractivity contribution in [3.05, 3.63) is 77.9 Å². The number of allylic oxidation sites excluding steroid dienone is 7. The first-order valence-electron chi connectivity index (χ1n) is 7.02. The fourth-order valence-electron chi connectivity index (χ4n) is 2.21. The second kappa shape index (κ2) is 6.53. The van der Waals surface area contributed by atoms with Crippen LogP contribution in [-0.2, 0) is 6.61 Å². The van der Waals surface area contributed by atoms with Gasteiger partial charge < -0.3 is 5.11 Å². The molecule has 0 aliphatic heterocycles. The molecule has 0 saturated heterocycles. The van der Waals surface area contributed by atoms with Crippen LogP contribution in [0.15, 0.2) is 66.8 Å². The summed E-state index contributed by atoms with van der Waals surface area (Å²) < 4.78 is 0. The van der Waals surface area contributed by atoms with Crippen LogP contribution in [0.4, 0.5) is 0 Å². The molecule has 2 rings (SSSR count). The van der Waals surface area contributed by atoms with Crippen molar-refractivity contribution in [2.75, 3.05) is 0 Å². The molecule has 0 aromatic heterocycles. The van der Waals surface area contributed by atoms with Crippen molar-refractivity contribution < 1.29 is 5.11 Å². The average Bonchev–Trinajstić information content (AvgIpc) is 2.75. The largest absolute Gasteiger partial charge is 0.392 e. The van der Waals surface area contributed by atoms with E-state index in [2.05, 4.69) is 62.5 Å². The minimum atomic E-state index is 0.0642. The highest BCUT2D eigenvalue weighted by Gasteiger charge is 2.22. The summed E-state index contributed by atoms with van der Waals surface area (Å²) in [4.78, 5) is 0. The van der Waals surface area contributed by atoms with Gasteiger partial charge in [0.05, 0.1) is 6.61 Å². The normalized spacial score (nSPS) is 15.9. The molecule has 20 heavy (non-hydrogen) atoms. The minimum Gasteiger partial charge on any atom is -0.392 e. The first-order valence-corrected chi connectivity index (χ1v) is 7.02. The minimum absolute atomic E-state index is 0.0642. The number of aliphatic hydroxyl groups is 1. The van der Waals surface area contributed by atoms with Crippen molar-refractivity contribution in [3.63, 3.8) is 0 Å². The summed E-state index contributed by atoms with van der Waals surface area (Å²) in [6.07, 6.45) is 17.2. The van der Waals surface area contributed by atoms with E-state index in [0.29, 0.717) is 5.92 Å². The molecule has 0 atom stereocenters. The van der Waals surface area contributed by atoms with Crippen LogP contribution in [0.5, 0.6) is 0 Å². The standard InChI is InChI=1S/C19H22O/c1-19(2,18-7-5-3-4-6-8-18)14-13-16-9-11-17(15-20)12-10-16/h3-14,18,20H,15H2,1-2H3. The Morgan fingerprint density at radius 1 is 1.00 bits per heavy atom. The van der Waals surface area contributed by atoms with Gasteiger partial charge in [-0.15, -0.1) is 0 Å². The van der Waals surface area contributed by atoms with Crippen LogP contribution in [0.1, 0.15) is 25.0 Å². The fraction of sp³-hybridized carbons (Fsp3) is 0.263. The molecule has 1 heteroatoms. The van der Waals surface area contributed by atoms with Gasteiger partial charge in [-0.05, 0) is 16.5 Å². The van der Waals surface area contributed by atoms with Crippen molar-refractivity contribution in [1.82, 2.24) is 0 Å². The van der Waals surface area contributed by atoms with E-state index in [1.807, 2.05) is 24.3 Å². The van der Waals surface area contributed by atoms with E-state index in [0.717, 1.165) is 11.1 Å². The molecule has 0 heterocycles. The second-order valence-electron chi connectivity index (χ2n) is 5.73. The molecule has 1 aromatic rings. The predicted octanol–water partition coefficient (Wildman–Crippen LogP) is 4.52. The van der Waals surface area contributed by atoms with Gasteiger partial charge in [0.1, 0.15) is 0 Å². The van der Waals surface area contributed by atoms with Gasteiger partial charge in [0.15, 0.2) is 0 Å². The molecule has 0 unspecified atom stereocenters. The number of aliphatic hydroxyl groups excluding tert-OH is 1. The molecule has 0 fully saturated rings. The zero-order valence-corrected chi connectivity index (χ0v) is 12.2. The lowest BCUT2D eigenvalue weighted by Gasteiger charge is -2.26. The maximum atomic E-state index is 9.05. The predicted molar refractivity (Wildman–Crippen MR) is 86.1 cm³/mol. The average molecular weight is 266 g/mol. The number of rotatable bonds is 4. The van der Waals surface area contributed by atoms with E-state index in [1.165, 1.54) is 0 Å². The highest BCUT2D eigenvalue weighted by molar-refractivity contribution is 5.51. The van der Waals surface area contributed by atoms with Crippen LogP contribution >= 0.6 is 0 Å². The fourth-order valence-corrected chi connectivity index (χ4v) is 2.21. The monoisotopic (exact) mass is 266 g/mol. The lowest BCUT2D eigenvalue weighted by molar-refractivity contribution is 0.282. The van der Waals surface area contributed by atoms with Gasteiger partial charge in [0.2, 0.25) is 0 Å². The number of benzene rings is 1. The Labute approximate surface area is 121 Å². The third-order valence-electron chi connectivity index (χ3n) is 3.70. The summed E-state index contributed by atoms with van der Waals surface area (Å²) in [5, 5.41) is 9.05. The van der Waals surface area contributed by atoms with E-state index in [-0.39, 0.29) is 12.0 Å². The first-order chi connectivity index (χ1) is 9.62. The van der Waals surface area contributed by atoms with Crippen molar-refractivity contribution in [2.24, 2.45) is 11.3 Å². The summed E-state index contributed by atoms with van der Waals surface area (Å²) >= 11 is 0. The Morgan fingerprint density at radius 2 is 1.60 bits per heavy atom. The molecule has 0 bridgehead atoms. The molecular weight excluding hydrogens is 244 g/mol. The van der Waals surface area contributed by atoms with Crippen LogP contribution in [0.3, 0.4) is 0 Å². The Kier molecular flexibility index (Phi) is 4.75. The van der Waals surface area contributed by atoms with Gasteiger partial charge in [0, 0.05) is 5.92 Å². The van der Waals surface area contributed by atoms with Crippen LogP contribution in [0.25, 0.3) is 6.08 Å². The van der Waals surface area contributed by atoms with Gasteiger partial charge >= 0.3 is 0 Å². The molecule has 0 amide bonds. The van der Waals surface area contributed by atoms with Crippen LogP contribution in [0, 0.1) is 11.3 Å². The van der Waals surface area contributed by atoms with Gasteiger partial charge in [-0.1, -0.05) is 86.7 Å². The third kappa shape index (κ3) is 3.82. The molecule has 1 aromatic carbocycles. The summed E-state index contributed by atoms with van der Waals surface area (Å²) in [6.45, 7) is 4.59. The zero-order chi connectivity index (χ0) is 14.4. The van der Waals surface area contributed by atoms with Crippen molar-refractivity contribution in [2.45, 2.75) is 20.5 Å². The second-order valence-corrected chi connectivity index (χ2v) is 5.73. The lowest BCUT2D eigenvalue weighted by atomic mass is 9.78. The van der Waals surface area contributed by atoms with Gasteiger partial charge in [-0.3, -0.25) is 0 Å². The maximum Gasteiger partial charge on any atom is 0.0681 e. The van der Waals surface area contributed by atoms with E-state index in [9.17, 15) is 0 Å². The molecule has 1 nitrogen and oxygen atoms in total. The number of hydrogen-bond acceptors (Lipinski definition) is 1. The lowest BCUT2D eigenvalue weighted by Crippen LogP contribution is -2.17. The molecule has 1 aliphatic rings. The van der Waals surface area contributed by atoms with Crippen molar-refractivity contribution >= 4 is 6.08 Å². The zero-order valence-electron chi connectivity index (χ0n) is 12.2. The van der Waals surface area contributed by atoms with Crippen molar-refractivity contribution in [1.29, 1.82) is 0 Å². The van der Waals surface area contributed by atoms with Crippen molar-refractivity contribution in [3.8, 4) is 0 Å². The summed E-state index contributed by atoms with van der Waals surface area (Å²) in [5.41, 5.74) is 2.17. The van der Waals surface area contributed by atoms with E-state index in [4.69, 9.17) is 5.11 Å². The third-order valence-corrected chi connectivity index (χ3v) is 3.70. The van der Waals surface area contributed by atoms with Crippen LogP contribution in [-0.4, -0.2) is 5.11 Å². The number of hydrogen-bond donors (Lipinski definition) is 1. The van der Waals surface area contributed by atoms with Crippen LogP contribution in [0.2, 0.25) is 0 Å². The Hall–Kier alpha value is -1.86. The molecule has 1 N–H and O–H groups in total. The summed E-state index contributed by atoms with van der Waals surface area (Å²) in [7, 11) is 0. The Morgan fingerprint density at radius 3 is 2.15 bits per heavy atom. The molecule has 1 aliphatic carbocycles. The molecular formula is C19H22O. The molecule has 0 saturated carbocycles. The van der Waals surface area contributed by atoms with Gasteiger partial charge in [-0.2, -0.15) is 0 Å². The maximum absolute atomic E-state index is 9.05. The summed E-state index contributed by atoms with van der Waals surface area (Å²) in [5.74, 6) is 0.394. The van der Waals surface area contributed by atoms with E-state index in [1.54, 1.807) is 0 Å². The molecule has 104 valence electrons. The molecule has 0 radical (unpaired) electrons. The van der Waals surface area contributed by atoms with E-state index >= 15 is 0 Å². The smallest absolute Gasteiger partial charge is 0.0681 e. The highest BCUT2D eigenvalue weighted by atomic mass is 16.3. The van der Waals surface area contributed by atoms with Crippen LogP contribution < -0.4 is 0 Å². The molecule has 0 spiro atoms. The van der Waals surface area contributed by atoms with Gasteiger partial charge in [-0.25, -0.2) is 0 Å². The Bertz CT molecular complexity index is 526. The summed E-state index contributed by atoms with van der Waals surface area (Å²) in [6, 6.07) is 8.00. The van der Waals surface area contributed by atoms with E-state index < -0.39 is 0 Å². The highest BCUT2D eigenvalue weighted by Crippen LogP contribution is 2.32. The SMILES string of the molecule is CC(C)(C=Cc1ccc(CO)cc1)C1C=CC=CC=C1. The Balaban J connectivity index is 2.11. The first kappa shape index (κ1) is 14.5.